The van der Waals surface area contributed by atoms with Gasteiger partial charge in [-0.05, 0) is 39.2 Å². The summed E-state index contributed by atoms with van der Waals surface area (Å²) in [6.45, 7) is 3.74. The Kier molecular flexibility index (Phi) is 3.56. The molecule has 0 radical (unpaired) electrons. The molecule has 0 aliphatic heterocycles. The number of nitrogens with one attached hydrogen (secondary N) is 1. The van der Waals surface area contributed by atoms with Gasteiger partial charge in [-0.2, -0.15) is 5.10 Å². The number of amides is 1. The molecule has 22 heavy (non-hydrogen) atoms. The van der Waals surface area contributed by atoms with Crippen molar-refractivity contribution in [1.29, 1.82) is 0 Å². The van der Waals surface area contributed by atoms with Gasteiger partial charge in [-0.3, -0.25) is 14.2 Å². The van der Waals surface area contributed by atoms with Crippen molar-refractivity contribution in [3.63, 3.8) is 0 Å². The van der Waals surface area contributed by atoms with E-state index in [4.69, 9.17) is 0 Å². The van der Waals surface area contributed by atoms with E-state index in [9.17, 15) is 9.59 Å². The number of carbonyl (C=O) groups excluding carboxylic acids is 1. The van der Waals surface area contributed by atoms with Gasteiger partial charge in [-0.1, -0.05) is 0 Å². The van der Waals surface area contributed by atoms with E-state index in [1.807, 2.05) is 19.9 Å². The monoisotopic (exact) mass is 301 g/mol. The molecule has 0 spiro atoms. The summed E-state index contributed by atoms with van der Waals surface area (Å²) in [6.07, 6.45) is 2.46. The molecule has 7 nitrogen and oxygen atoms in total. The quantitative estimate of drug-likeness (QED) is 0.883. The van der Waals surface area contributed by atoms with E-state index in [1.54, 1.807) is 11.7 Å². The molecule has 1 amide bonds. The average molecular weight is 301 g/mol. The lowest BCUT2D eigenvalue weighted by Crippen LogP contribution is -2.35. The zero-order chi connectivity index (χ0) is 15.9. The standard InChI is InChI=1S/C15H19N5O2/c1-9-7-10(2)20(18-9)15-17-12-6-4-5-11(12)14(22)19(15)8-13(21)16-3/h7H,4-6,8H2,1-3H3,(H,16,21). The Balaban J connectivity index is 2.23. The van der Waals surface area contributed by atoms with Gasteiger partial charge in [0, 0.05) is 18.3 Å². The fraction of sp³-hybridized carbons (Fsp3) is 0.467. The molecule has 0 bridgehead atoms. The van der Waals surface area contributed by atoms with E-state index in [2.05, 4.69) is 15.4 Å². The Morgan fingerprint density at radius 3 is 2.77 bits per heavy atom. The normalized spacial score (nSPS) is 13.2. The smallest absolute Gasteiger partial charge is 0.258 e. The van der Waals surface area contributed by atoms with Gasteiger partial charge < -0.3 is 5.32 Å². The molecular formula is C15H19N5O2. The first-order valence-electron chi connectivity index (χ1n) is 7.38. The molecular weight excluding hydrogens is 282 g/mol. The summed E-state index contributed by atoms with van der Waals surface area (Å²) in [5, 5.41) is 6.95. The molecule has 2 aromatic rings. The van der Waals surface area contributed by atoms with Crippen LogP contribution in [-0.2, 0) is 24.2 Å². The van der Waals surface area contributed by atoms with E-state index in [-0.39, 0.29) is 18.0 Å². The van der Waals surface area contributed by atoms with Crippen molar-refractivity contribution in [2.24, 2.45) is 0 Å². The van der Waals surface area contributed by atoms with Gasteiger partial charge in [0.15, 0.2) is 0 Å². The Morgan fingerprint density at radius 2 is 2.14 bits per heavy atom. The van der Waals surface area contributed by atoms with Gasteiger partial charge >= 0.3 is 0 Å². The number of aryl methyl sites for hydroxylation is 3. The first-order valence-corrected chi connectivity index (χ1v) is 7.38. The zero-order valence-electron chi connectivity index (χ0n) is 13.0. The molecule has 2 heterocycles. The number of likely N-dealkylation sites (N-methyl/N-ethyl adjacent to an activating group) is 1. The Labute approximate surface area is 128 Å². The van der Waals surface area contributed by atoms with Gasteiger partial charge in [-0.15, -0.1) is 0 Å². The summed E-state index contributed by atoms with van der Waals surface area (Å²) in [5.74, 6) is 0.185. The molecule has 1 aliphatic carbocycles. The maximum atomic E-state index is 12.7. The molecule has 7 heteroatoms. The van der Waals surface area contributed by atoms with Gasteiger partial charge in [0.1, 0.15) is 6.54 Å². The number of nitrogens with zero attached hydrogens (tertiary/aromatic N) is 4. The second-order valence-electron chi connectivity index (χ2n) is 5.59. The third kappa shape index (κ3) is 2.32. The predicted octanol–water partition coefficient (Wildman–Crippen LogP) is 0.281. The van der Waals surface area contributed by atoms with Crippen molar-refractivity contribution in [1.82, 2.24) is 24.6 Å². The second kappa shape index (κ2) is 5.40. The van der Waals surface area contributed by atoms with E-state index >= 15 is 0 Å². The molecule has 116 valence electrons. The van der Waals surface area contributed by atoms with Crippen molar-refractivity contribution < 1.29 is 4.79 Å². The number of fused-ring (bicyclic) bond motifs is 1. The number of aromatic nitrogens is 4. The van der Waals surface area contributed by atoms with Crippen molar-refractivity contribution in [3.8, 4) is 5.95 Å². The highest BCUT2D eigenvalue weighted by molar-refractivity contribution is 5.75. The maximum absolute atomic E-state index is 12.7. The second-order valence-corrected chi connectivity index (χ2v) is 5.59. The Bertz CT molecular complexity index is 803. The number of hydrogen-bond acceptors (Lipinski definition) is 4. The molecule has 0 aromatic carbocycles. The van der Waals surface area contributed by atoms with Gasteiger partial charge in [0.2, 0.25) is 11.9 Å². The summed E-state index contributed by atoms with van der Waals surface area (Å²) in [7, 11) is 1.55. The minimum absolute atomic E-state index is 0.0523. The highest BCUT2D eigenvalue weighted by atomic mass is 16.2. The van der Waals surface area contributed by atoms with Crippen molar-refractivity contribution >= 4 is 5.91 Å². The number of rotatable bonds is 3. The third-order valence-corrected chi connectivity index (χ3v) is 3.95. The molecule has 0 saturated heterocycles. The minimum Gasteiger partial charge on any atom is -0.358 e. The van der Waals surface area contributed by atoms with E-state index in [1.165, 1.54) is 4.57 Å². The highest BCUT2D eigenvalue weighted by Crippen LogP contribution is 2.19. The van der Waals surface area contributed by atoms with E-state index < -0.39 is 0 Å². The van der Waals surface area contributed by atoms with Crippen LogP contribution in [0, 0.1) is 13.8 Å². The Hall–Kier alpha value is -2.44. The van der Waals surface area contributed by atoms with Crippen LogP contribution < -0.4 is 10.9 Å². The lowest BCUT2D eigenvalue weighted by Gasteiger charge is -2.14. The van der Waals surface area contributed by atoms with Crippen LogP contribution in [0.4, 0.5) is 0 Å². The third-order valence-electron chi connectivity index (χ3n) is 3.95. The molecule has 3 rings (SSSR count). The molecule has 0 saturated carbocycles. The SMILES string of the molecule is CNC(=O)Cn1c(-n2nc(C)cc2C)nc2c(c1=O)CCC2. The summed E-state index contributed by atoms with van der Waals surface area (Å²) in [4.78, 5) is 29.1. The lowest BCUT2D eigenvalue weighted by atomic mass is 10.2. The van der Waals surface area contributed by atoms with Crippen molar-refractivity contribution in [2.75, 3.05) is 7.05 Å². The van der Waals surface area contributed by atoms with E-state index in [0.29, 0.717) is 5.95 Å². The summed E-state index contributed by atoms with van der Waals surface area (Å²) < 4.78 is 3.06. The van der Waals surface area contributed by atoms with E-state index in [0.717, 1.165) is 41.9 Å². The zero-order valence-corrected chi connectivity index (χ0v) is 13.0. The van der Waals surface area contributed by atoms with Gasteiger partial charge in [0.05, 0.1) is 11.4 Å². The van der Waals surface area contributed by atoms with Crippen LogP contribution in [0.25, 0.3) is 5.95 Å². The van der Waals surface area contributed by atoms with Crippen LogP contribution in [0.5, 0.6) is 0 Å². The number of carbonyl (C=O) groups is 1. The minimum atomic E-state index is -0.232. The van der Waals surface area contributed by atoms with Crippen molar-refractivity contribution in [3.05, 3.63) is 39.1 Å². The molecule has 1 N–H and O–H groups in total. The topological polar surface area (TPSA) is 81.8 Å². The first-order chi connectivity index (χ1) is 10.5. The fourth-order valence-corrected chi connectivity index (χ4v) is 2.87. The van der Waals surface area contributed by atoms with Crippen LogP contribution in [0.2, 0.25) is 0 Å². The summed E-state index contributed by atoms with van der Waals surface area (Å²) in [5.41, 5.74) is 3.16. The Morgan fingerprint density at radius 1 is 1.36 bits per heavy atom. The largest absolute Gasteiger partial charge is 0.358 e. The van der Waals surface area contributed by atoms with Crippen LogP contribution >= 0.6 is 0 Å². The molecule has 0 unspecified atom stereocenters. The molecule has 1 aliphatic rings. The van der Waals surface area contributed by atoms with Crippen LogP contribution in [0.1, 0.15) is 29.1 Å². The van der Waals surface area contributed by atoms with Crippen LogP contribution in [0.15, 0.2) is 10.9 Å². The highest BCUT2D eigenvalue weighted by Gasteiger charge is 2.23. The van der Waals surface area contributed by atoms with Crippen molar-refractivity contribution in [2.45, 2.75) is 39.7 Å². The predicted molar refractivity (Wildman–Crippen MR) is 81.2 cm³/mol. The molecule has 2 aromatic heterocycles. The maximum Gasteiger partial charge on any atom is 0.258 e. The average Bonchev–Trinajstić information content (AvgIpc) is 3.07. The van der Waals surface area contributed by atoms with Gasteiger partial charge in [-0.25, -0.2) is 9.67 Å². The molecule has 0 atom stereocenters. The van der Waals surface area contributed by atoms with Crippen LogP contribution in [-0.4, -0.2) is 32.3 Å². The lowest BCUT2D eigenvalue weighted by molar-refractivity contribution is -0.121. The van der Waals surface area contributed by atoms with Gasteiger partial charge in [0.25, 0.3) is 5.56 Å². The fourth-order valence-electron chi connectivity index (χ4n) is 2.87. The number of hydrogen-bond donors (Lipinski definition) is 1. The summed E-state index contributed by atoms with van der Waals surface area (Å²) >= 11 is 0. The first kappa shape index (κ1) is 14.5. The molecule has 0 fully saturated rings. The van der Waals surface area contributed by atoms with Crippen LogP contribution in [0.3, 0.4) is 0 Å². The summed E-state index contributed by atoms with van der Waals surface area (Å²) in [6, 6.07) is 1.92.